The third-order valence-corrected chi connectivity index (χ3v) is 1.89. The van der Waals surface area contributed by atoms with Gasteiger partial charge < -0.3 is 5.11 Å². The Morgan fingerprint density at radius 2 is 2.33 bits per heavy atom. The molecular weight excluding hydrogens is 152 g/mol. The molecule has 0 radical (unpaired) electrons. The van der Waals surface area contributed by atoms with Crippen molar-refractivity contribution < 1.29 is 5.11 Å². The van der Waals surface area contributed by atoms with E-state index in [0.29, 0.717) is 0 Å². The van der Waals surface area contributed by atoms with Gasteiger partial charge in [-0.2, -0.15) is 5.10 Å². The number of aliphatic hydroxyl groups excluding tert-OH is 1. The number of aryl methyl sites for hydroxylation is 2. The molecule has 0 bridgehead atoms. The molecule has 1 atom stereocenters. The van der Waals surface area contributed by atoms with Crippen molar-refractivity contribution in [2.75, 3.05) is 0 Å². The number of hydrogen-bond acceptors (Lipinski definition) is 2. The van der Waals surface area contributed by atoms with Crippen LogP contribution < -0.4 is 0 Å². The van der Waals surface area contributed by atoms with Gasteiger partial charge in [0, 0.05) is 18.3 Å². The zero-order valence-electron chi connectivity index (χ0n) is 7.91. The van der Waals surface area contributed by atoms with E-state index in [-0.39, 0.29) is 0 Å². The van der Waals surface area contributed by atoms with Crippen molar-refractivity contribution in [2.45, 2.75) is 39.8 Å². The van der Waals surface area contributed by atoms with Crippen LogP contribution >= 0.6 is 0 Å². The van der Waals surface area contributed by atoms with Crippen molar-refractivity contribution in [3.8, 4) is 0 Å². The van der Waals surface area contributed by atoms with Crippen molar-refractivity contribution in [1.82, 2.24) is 9.78 Å². The Balaban J connectivity index is 2.85. The summed E-state index contributed by atoms with van der Waals surface area (Å²) in [5, 5.41) is 13.6. The Labute approximate surface area is 73.0 Å². The van der Waals surface area contributed by atoms with Gasteiger partial charge in [-0.05, 0) is 20.3 Å². The Morgan fingerprint density at radius 3 is 2.75 bits per heavy atom. The maximum Gasteiger partial charge on any atom is 0.0795 e. The van der Waals surface area contributed by atoms with Gasteiger partial charge in [-0.1, -0.05) is 6.92 Å². The molecule has 3 heteroatoms. The smallest absolute Gasteiger partial charge is 0.0795 e. The lowest BCUT2D eigenvalue weighted by Gasteiger charge is -1.99. The summed E-state index contributed by atoms with van der Waals surface area (Å²) in [7, 11) is 0. The molecule has 12 heavy (non-hydrogen) atoms. The predicted molar refractivity (Wildman–Crippen MR) is 47.9 cm³/mol. The predicted octanol–water partition coefficient (Wildman–Crippen LogP) is 1.65. The average Bonchev–Trinajstić information content (AvgIpc) is 2.32. The Kier molecular flexibility index (Phi) is 2.87. The second-order valence-electron chi connectivity index (χ2n) is 3.11. The minimum absolute atomic E-state index is 0.407. The lowest BCUT2D eigenvalue weighted by atomic mass is 10.2. The summed E-state index contributed by atoms with van der Waals surface area (Å²) in [6.07, 6.45) is 2.58. The molecule has 0 saturated heterocycles. The maximum absolute atomic E-state index is 9.33. The summed E-state index contributed by atoms with van der Waals surface area (Å²) in [6, 6.07) is 0. The Bertz CT molecular complexity index is 253. The lowest BCUT2D eigenvalue weighted by molar-refractivity contribution is 0.198. The van der Waals surface area contributed by atoms with E-state index >= 15 is 0 Å². The normalized spacial score (nSPS) is 13.3. The van der Waals surface area contributed by atoms with E-state index in [4.69, 9.17) is 0 Å². The topological polar surface area (TPSA) is 38.0 Å². The molecule has 0 saturated carbocycles. The van der Waals surface area contributed by atoms with Crippen LogP contribution in [0.15, 0.2) is 6.20 Å². The second-order valence-corrected chi connectivity index (χ2v) is 3.11. The molecule has 0 aliphatic carbocycles. The van der Waals surface area contributed by atoms with Crippen LogP contribution in [0.2, 0.25) is 0 Å². The molecule has 1 aromatic rings. The molecule has 0 aromatic carbocycles. The fourth-order valence-corrected chi connectivity index (χ4v) is 1.29. The maximum atomic E-state index is 9.33. The summed E-state index contributed by atoms with van der Waals surface area (Å²) in [4.78, 5) is 0. The standard InChI is InChI=1S/C9H16N2O/c1-4-5-11-6-9(8(3)12)7(2)10-11/h6,8,12H,4-5H2,1-3H3/t8-/m0/s1. The van der Waals surface area contributed by atoms with E-state index in [2.05, 4.69) is 12.0 Å². The van der Waals surface area contributed by atoms with E-state index in [1.54, 1.807) is 6.92 Å². The van der Waals surface area contributed by atoms with Crippen LogP contribution in [0.3, 0.4) is 0 Å². The molecule has 1 heterocycles. The SMILES string of the molecule is CCCn1cc([C@H](C)O)c(C)n1. The van der Waals surface area contributed by atoms with Gasteiger partial charge in [0.2, 0.25) is 0 Å². The van der Waals surface area contributed by atoms with Gasteiger partial charge in [0.15, 0.2) is 0 Å². The average molecular weight is 168 g/mol. The second kappa shape index (κ2) is 3.72. The first-order valence-electron chi connectivity index (χ1n) is 4.37. The van der Waals surface area contributed by atoms with Crippen LogP contribution in [0.1, 0.15) is 37.6 Å². The third kappa shape index (κ3) is 1.85. The first-order valence-corrected chi connectivity index (χ1v) is 4.37. The number of nitrogens with zero attached hydrogens (tertiary/aromatic N) is 2. The van der Waals surface area contributed by atoms with E-state index in [0.717, 1.165) is 24.2 Å². The van der Waals surface area contributed by atoms with Crippen LogP contribution in [-0.4, -0.2) is 14.9 Å². The summed E-state index contributed by atoms with van der Waals surface area (Å²) in [6.45, 7) is 6.72. The first-order chi connectivity index (χ1) is 5.65. The van der Waals surface area contributed by atoms with E-state index in [9.17, 15) is 5.11 Å². The first kappa shape index (κ1) is 9.26. The van der Waals surface area contributed by atoms with Gasteiger partial charge >= 0.3 is 0 Å². The van der Waals surface area contributed by atoms with Gasteiger partial charge in [-0.3, -0.25) is 4.68 Å². The zero-order valence-corrected chi connectivity index (χ0v) is 7.91. The Morgan fingerprint density at radius 1 is 1.67 bits per heavy atom. The Hall–Kier alpha value is -0.830. The van der Waals surface area contributed by atoms with Crippen LogP contribution in [0.5, 0.6) is 0 Å². The minimum atomic E-state index is -0.407. The van der Waals surface area contributed by atoms with E-state index in [1.807, 2.05) is 17.8 Å². The van der Waals surface area contributed by atoms with Crippen LogP contribution in [0, 0.1) is 6.92 Å². The van der Waals surface area contributed by atoms with Crippen molar-refractivity contribution in [2.24, 2.45) is 0 Å². The molecule has 3 nitrogen and oxygen atoms in total. The van der Waals surface area contributed by atoms with E-state index in [1.165, 1.54) is 0 Å². The molecule has 0 aliphatic rings. The van der Waals surface area contributed by atoms with E-state index < -0.39 is 6.10 Å². The monoisotopic (exact) mass is 168 g/mol. The quantitative estimate of drug-likeness (QED) is 0.745. The van der Waals surface area contributed by atoms with Crippen molar-refractivity contribution in [3.05, 3.63) is 17.5 Å². The molecule has 68 valence electrons. The van der Waals surface area contributed by atoms with Crippen molar-refractivity contribution in [1.29, 1.82) is 0 Å². The van der Waals surface area contributed by atoms with Crippen molar-refractivity contribution in [3.63, 3.8) is 0 Å². The molecule has 0 fully saturated rings. The molecular formula is C9H16N2O. The molecule has 0 unspecified atom stereocenters. The van der Waals surface area contributed by atoms with Gasteiger partial charge in [0.25, 0.3) is 0 Å². The summed E-state index contributed by atoms with van der Waals surface area (Å²) < 4.78 is 1.89. The highest BCUT2D eigenvalue weighted by Gasteiger charge is 2.08. The van der Waals surface area contributed by atoms with Gasteiger partial charge in [0.05, 0.1) is 11.8 Å². The highest BCUT2D eigenvalue weighted by Crippen LogP contribution is 2.15. The fraction of sp³-hybridized carbons (Fsp3) is 0.667. The summed E-state index contributed by atoms with van der Waals surface area (Å²) >= 11 is 0. The van der Waals surface area contributed by atoms with Crippen LogP contribution in [-0.2, 0) is 6.54 Å². The number of rotatable bonds is 3. The van der Waals surface area contributed by atoms with Crippen LogP contribution in [0.4, 0.5) is 0 Å². The lowest BCUT2D eigenvalue weighted by Crippen LogP contribution is -1.96. The van der Waals surface area contributed by atoms with Crippen molar-refractivity contribution >= 4 is 0 Å². The summed E-state index contributed by atoms with van der Waals surface area (Å²) in [5.41, 5.74) is 1.86. The molecule has 0 spiro atoms. The minimum Gasteiger partial charge on any atom is -0.389 e. The number of aromatic nitrogens is 2. The number of hydrogen-bond donors (Lipinski definition) is 1. The molecule has 0 aliphatic heterocycles. The highest BCUT2D eigenvalue weighted by atomic mass is 16.3. The zero-order chi connectivity index (χ0) is 9.14. The molecule has 1 rings (SSSR count). The largest absolute Gasteiger partial charge is 0.389 e. The van der Waals surface area contributed by atoms with Gasteiger partial charge in [-0.15, -0.1) is 0 Å². The van der Waals surface area contributed by atoms with Gasteiger partial charge in [0.1, 0.15) is 0 Å². The molecule has 1 N–H and O–H groups in total. The molecule has 1 aromatic heterocycles. The highest BCUT2D eigenvalue weighted by molar-refractivity contribution is 5.17. The van der Waals surface area contributed by atoms with Gasteiger partial charge in [-0.25, -0.2) is 0 Å². The summed E-state index contributed by atoms with van der Waals surface area (Å²) in [5.74, 6) is 0. The third-order valence-electron chi connectivity index (χ3n) is 1.89. The fourth-order valence-electron chi connectivity index (χ4n) is 1.29. The van der Waals surface area contributed by atoms with Crippen LogP contribution in [0.25, 0.3) is 0 Å². The molecule has 0 amide bonds. The number of aliphatic hydroxyl groups is 1.